The smallest absolute Gasteiger partial charge is 0.325 e. The molecule has 4 amide bonds. The van der Waals surface area contributed by atoms with Gasteiger partial charge in [0.1, 0.15) is 24.6 Å². The van der Waals surface area contributed by atoms with Crippen LogP contribution in [-0.2, 0) is 9.59 Å². The van der Waals surface area contributed by atoms with Gasteiger partial charge in [0.15, 0.2) is 0 Å². The van der Waals surface area contributed by atoms with E-state index in [4.69, 9.17) is 9.47 Å². The number of hydrogen-bond acceptors (Lipinski definition) is 5. The molecule has 1 aliphatic heterocycles. The monoisotopic (exact) mass is 335 g/mol. The molecule has 8 heteroatoms. The first-order valence-electron chi connectivity index (χ1n) is 7.59. The Labute approximate surface area is 140 Å². The number of likely N-dealkylation sites (N-methyl/N-ethyl adjacent to an activating group) is 1. The predicted octanol–water partition coefficient (Wildman–Crippen LogP) is 0.474. The van der Waals surface area contributed by atoms with E-state index >= 15 is 0 Å². The Kier molecular flexibility index (Phi) is 6.00. The molecule has 1 N–H and O–H groups in total. The topological polar surface area (TPSA) is 88.2 Å². The Bertz CT molecular complexity index is 602. The van der Waals surface area contributed by atoms with Crippen molar-refractivity contribution in [1.29, 1.82) is 0 Å². The van der Waals surface area contributed by atoms with Gasteiger partial charge in [-0.25, -0.2) is 4.79 Å². The van der Waals surface area contributed by atoms with Crippen LogP contribution in [0.2, 0.25) is 0 Å². The van der Waals surface area contributed by atoms with Crippen molar-refractivity contribution in [2.75, 3.05) is 40.4 Å². The summed E-state index contributed by atoms with van der Waals surface area (Å²) in [5, 5.41) is 2.14. The molecule has 0 unspecified atom stereocenters. The quantitative estimate of drug-likeness (QED) is 0.551. The van der Waals surface area contributed by atoms with E-state index in [1.807, 2.05) is 24.3 Å². The molecule has 0 radical (unpaired) electrons. The number of amides is 4. The van der Waals surface area contributed by atoms with Gasteiger partial charge in [0, 0.05) is 13.6 Å². The maximum absolute atomic E-state index is 12.0. The van der Waals surface area contributed by atoms with Crippen molar-refractivity contribution in [3.05, 3.63) is 24.3 Å². The number of methoxy groups -OCH3 is 1. The lowest BCUT2D eigenvalue weighted by Gasteiger charge is -2.20. The lowest BCUT2D eigenvalue weighted by molar-refractivity contribution is -0.130. The van der Waals surface area contributed by atoms with Crippen molar-refractivity contribution < 1.29 is 23.9 Å². The van der Waals surface area contributed by atoms with Crippen molar-refractivity contribution in [1.82, 2.24) is 15.1 Å². The summed E-state index contributed by atoms with van der Waals surface area (Å²) in [4.78, 5) is 37.2. The van der Waals surface area contributed by atoms with Crippen LogP contribution >= 0.6 is 0 Å². The van der Waals surface area contributed by atoms with E-state index in [0.717, 1.165) is 11.5 Å². The molecular formula is C16H21N3O5. The standard InChI is InChI=1S/C16H21N3O5/c1-18(15(21)11-19-10-14(20)17-16(19)22)8-3-9-24-13-6-4-12(23-2)5-7-13/h4-7H,3,8-11H2,1-2H3,(H,17,20,22). The summed E-state index contributed by atoms with van der Waals surface area (Å²) in [6.07, 6.45) is 0.652. The molecule has 8 nitrogen and oxygen atoms in total. The van der Waals surface area contributed by atoms with Crippen molar-refractivity contribution in [2.45, 2.75) is 6.42 Å². The lowest BCUT2D eigenvalue weighted by atomic mass is 10.3. The van der Waals surface area contributed by atoms with Gasteiger partial charge in [-0.3, -0.25) is 14.9 Å². The van der Waals surface area contributed by atoms with E-state index in [1.165, 1.54) is 9.80 Å². The van der Waals surface area contributed by atoms with E-state index < -0.39 is 6.03 Å². The van der Waals surface area contributed by atoms with E-state index in [1.54, 1.807) is 14.2 Å². The molecule has 24 heavy (non-hydrogen) atoms. The number of carbonyl (C=O) groups is 3. The summed E-state index contributed by atoms with van der Waals surface area (Å²) in [6.45, 7) is 0.789. The van der Waals surface area contributed by atoms with E-state index in [0.29, 0.717) is 19.6 Å². The molecule has 1 heterocycles. The van der Waals surface area contributed by atoms with E-state index in [-0.39, 0.29) is 24.9 Å². The van der Waals surface area contributed by atoms with Gasteiger partial charge in [0.05, 0.1) is 13.7 Å². The number of imide groups is 1. The second-order valence-corrected chi connectivity index (χ2v) is 5.40. The first-order valence-corrected chi connectivity index (χ1v) is 7.59. The van der Waals surface area contributed by atoms with Crippen LogP contribution in [0.4, 0.5) is 4.79 Å². The Balaban J connectivity index is 1.66. The molecule has 130 valence electrons. The number of rotatable bonds is 8. The molecule has 0 spiro atoms. The molecule has 0 atom stereocenters. The number of nitrogens with zero attached hydrogens (tertiary/aromatic N) is 2. The summed E-state index contributed by atoms with van der Waals surface area (Å²) >= 11 is 0. The summed E-state index contributed by atoms with van der Waals surface area (Å²) < 4.78 is 10.7. The number of urea groups is 1. The fraction of sp³-hybridized carbons (Fsp3) is 0.438. The van der Waals surface area contributed by atoms with Crippen LogP contribution in [-0.4, -0.2) is 68.0 Å². The molecule has 1 aromatic rings. The third-order valence-corrected chi connectivity index (χ3v) is 3.59. The zero-order valence-electron chi connectivity index (χ0n) is 13.8. The Morgan fingerprint density at radius 2 is 1.92 bits per heavy atom. The second-order valence-electron chi connectivity index (χ2n) is 5.40. The van der Waals surface area contributed by atoms with E-state index in [9.17, 15) is 14.4 Å². The third-order valence-electron chi connectivity index (χ3n) is 3.59. The lowest BCUT2D eigenvalue weighted by Crippen LogP contribution is -2.40. The minimum atomic E-state index is -0.524. The van der Waals surface area contributed by atoms with Crippen LogP contribution in [0, 0.1) is 0 Å². The Morgan fingerprint density at radius 1 is 1.25 bits per heavy atom. The highest BCUT2D eigenvalue weighted by Crippen LogP contribution is 2.17. The Morgan fingerprint density at radius 3 is 2.50 bits per heavy atom. The minimum absolute atomic E-state index is 0.0704. The third kappa shape index (κ3) is 4.87. The van der Waals surface area contributed by atoms with Crippen LogP contribution in [0.1, 0.15) is 6.42 Å². The van der Waals surface area contributed by atoms with Crippen LogP contribution in [0.5, 0.6) is 11.5 Å². The molecule has 0 aliphatic carbocycles. The van der Waals surface area contributed by atoms with Gasteiger partial charge < -0.3 is 19.3 Å². The number of ether oxygens (including phenoxy) is 2. The normalized spacial score (nSPS) is 13.7. The molecule has 0 aromatic heterocycles. The maximum Gasteiger partial charge on any atom is 0.325 e. The fourth-order valence-electron chi connectivity index (χ4n) is 2.18. The highest BCUT2D eigenvalue weighted by atomic mass is 16.5. The first kappa shape index (κ1) is 17.6. The Hall–Kier alpha value is -2.77. The van der Waals surface area contributed by atoms with Crippen LogP contribution in [0.15, 0.2) is 24.3 Å². The van der Waals surface area contributed by atoms with Gasteiger partial charge in [-0.2, -0.15) is 0 Å². The van der Waals surface area contributed by atoms with Gasteiger partial charge >= 0.3 is 6.03 Å². The van der Waals surface area contributed by atoms with Crippen molar-refractivity contribution in [3.8, 4) is 11.5 Å². The average molecular weight is 335 g/mol. The largest absolute Gasteiger partial charge is 0.497 e. The SMILES string of the molecule is COc1ccc(OCCCN(C)C(=O)CN2CC(=O)NC2=O)cc1. The van der Waals surface area contributed by atoms with Gasteiger partial charge in [0.2, 0.25) is 11.8 Å². The summed E-state index contributed by atoms with van der Waals surface area (Å²) in [5.41, 5.74) is 0. The average Bonchev–Trinajstić information content (AvgIpc) is 2.89. The van der Waals surface area contributed by atoms with Crippen molar-refractivity contribution >= 4 is 17.8 Å². The van der Waals surface area contributed by atoms with Crippen LogP contribution in [0.25, 0.3) is 0 Å². The van der Waals surface area contributed by atoms with Crippen molar-refractivity contribution in [2.24, 2.45) is 0 Å². The fourth-order valence-corrected chi connectivity index (χ4v) is 2.18. The van der Waals surface area contributed by atoms with Gasteiger partial charge in [-0.15, -0.1) is 0 Å². The molecule has 1 saturated heterocycles. The maximum atomic E-state index is 12.0. The molecule has 2 rings (SSSR count). The summed E-state index contributed by atoms with van der Waals surface area (Å²) in [5.74, 6) is 0.891. The van der Waals surface area contributed by atoms with Gasteiger partial charge in [0.25, 0.3) is 0 Å². The molecule has 0 saturated carbocycles. The summed E-state index contributed by atoms with van der Waals surface area (Å²) in [7, 11) is 3.26. The number of carbonyl (C=O) groups excluding carboxylic acids is 3. The van der Waals surface area contributed by atoms with Gasteiger partial charge in [-0.1, -0.05) is 0 Å². The predicted molar refractivity (Wildman–Crippen MR) is 85.9 cm³/mol. The molecule has 0 bridgehead atoms. The summed E-state index contributed by atoms with van der Waals surface area (Å²) in [6, 6.07) is 6.73. The second kappa shape index (κ2) is 8.19. The molecular weight excluding hydrogens is 314 g/mol. The molecule has 1 fully saturated rings. The molecule has 1 aliphatic rings. The highest BCUT2D eigenvalue weighted by molar-refractivity contribution is 6.03. The highest BCUT2D eigenvalue weighted by Gasteiger charge is 2.28. The number of nitrogens with one attached hydrogen (secondary N) is 1. The van der Waals surface area contributed by atoms with Crippen LogP contribution < -0.4 is 14.8 Å². The number of benzene rings is 1. The van der Waals surface area contributed by atoms with Crippen LogP contribution in [0.3, 0.4) is 0 Å². The zero-order valence-corrected chi connectivity index (χ0v) is 13.8. The number of hydrogen-bond donors (Lipinski definition) is 1. The van der Waals surface area contributed by atoms with Gasteiger partial charge in [-0.05, 0) is 30.7 Å². The zero-order chi connectivity index (χ0) is 17.5. The minimum Gasteiger partial charge on any atom is -0.497 e. The van der Waals surface area contributed by atoms with E-state index in [2.05, 4.69) is 5.32 Å². The van der Waals surface area contributed by atoms with Crippen molar-refractivity contribution in [3.63, 3.8) is 0 Å². The first-order chi connectivity index (χ1) is 11.5. The molecule has 1 aromatic carbocycles.